The summed E-state index contributed by atoms with van der Waals surface area (Å²) in [7, 11) is 0. The maximum Gasteiger partial charge on any atom is 0.344 e. The van der Waals surface area contributed by atoms with E-state index < -0.39 is 5.63 Å². The van der Waals surface area contributed by atoms with Gasteiger partial charge in [-0.15, -0.1) is 0 Å². The first-order chi connectivity index (χ1) is 11.6. The van der Waals surface area contributed by atoms with Crippen molar-refractivity contribution in [2.24, 2.45) is 5.92 Å². The maximum atomic E-state index is 12.4. The van der Waals surface area contributed by atoms with E-state index in [0.717, 1.165) is 29.4 Å². The van der Waals surface area contributed by atoms with Crippen LogP contribution in [0.15, 0.2) is 57.7 Å². The van der Waals surface area contributed by atoms with Crippen molar-refractivity contribution in [3.05, 3.63) is 64.5 Å². The fourth-order valence-electron chi connectivity index (χ4n) is 2.86. The molecule has 0 N–H and O–H groups in total. The first-order valence-electron chi connectivity index (χ1n) is 7.98. The van der Waals surface area contributed by atoms with Crippen LogP contribution in [0.3, 0.4) is 0 Å². The molecule has 0 spiro atoms. The molecule has 1 aliphatic rings. The predicted molar refractivity (Wildman–Crippen MR) is 91.0 cm³/mol. The molecule has 4 rings (SSSR count). The van der Waals surface area contributed by atoms with Crippen molar-refractivity contribution in [3.63, 3.8) is 0 Å². The highest BCUT2D eigenvalue weighted by Crippen LogP contribution is 2.32. The van der Waals surface area contributed by atoms with Crippen LogP contribution < -0.4 is 10.4 Å². The summed E-state index contributed by atoms with van der Waals surface area (Å²) in [5.41, 5.74) is 2.28. The second kappa shape index (κ2) is 5.64. The van der Waals surface area contributed by atoms with Gasteiger partial charge >= 0.3 is 11.6 Å². The number of carbonyl (C=O) groups excluding carboxylic acids is 1. The number of hydrogen-bond donors (Lipinski definition) is 0. The molecule has 0 bridgehead atoms. The normalized spacial score (nSPS) is 13.9. The van der Waals surface area contributed by atoms with Crippen molar-refractivity contribution in [2.75, 3.05) is 0 Å². The number of ether oxygens (including phenoxy) is 1. The Bertz CT molecular complexity index is 982. The second-order valence-corrected chi connectivity index (χ2v) is 6.11. The van der Waals surface area contributed by atoms with Crippen molar-refractivity contribution >= 4 is 16.9 Å². The molecule has 0 unspecified atom stereocenters. The lowest BCUT2D eigenvalue weighted by molar-refractivity contribution is -0.135. The summed E-state index contributed by atoms with van der Waals surface area (Å²) in [5.74, 6) is 0.221. The Labute approximate surface area is 138 Å². The number of carbonyl (C=O) groups is 1. The Kier molecular flexibility index (Phi) is 3.45. The average molecular weight is 320 g/mol. The standard InChI is InChI=1S/C20H16O4/c1-12-16-10-9-15(23-19(21)14-7-8-14)11-17(16)24-20(22)18(12)13-5-3-2-4-6-13/h2-6,9-11,14H,7-8H2,1H3. The van der Waals surface area contributed by atoms with Gasteiger partial charge in [0, 0.05) is 11.5 Å². The first-order valence-corrected chi connectivity index (χ1v) is 7.98. The molecule has 1 aliphatic carbocycles. The summed E-state index contributed by atoms with van der Waals surface area (Å²) < 4.78 is 10.8. The molecule has 120 valence electrons. The zero-order valence-corrected chi connectivity index (χ0v) is 13.2. The molecule has 0 aliphatic heterocycles. The van der Waals surface area contributed by atoms with Crippen molar-refractivity contribution in [3.8, 4) is 16.9 Å². The number of fused-ring (bicyclic) bond motifs is 1. The zero-order valence-electron chi connectivity index (χ0n) is 13.2. The SMILES string of the molecule is Cc1c(-c2ccccc2)c(=O)oc2cc(OC(=O)C3CC3)ccc12. The number of rotatable bonds is 3. The van der Waals surface area contributed by atoms with Crippen LogP contribution in [0.4, 0.5) is 0 Å². The number of benzene rings is 2. The number of esters is 1. The highest BCUT2D eigenvalue weighted by Gasteiger charge is 2.31. The highest BCUT2D eigenvalue weighted by molar-refractivity contribution is 5.88. The first kappa shape index (κ1) is 14.7. The van der Waals surface area contributed by atoms with E-state index in [1.54, 1.807) is 12.1 Å². The van der Waals surface area contributed by atoms with Crippen LogP contribution in [0.2, 0.25) is 0 Å². The molecule has 0 saturated heterocycles. The van der Waals surface area contributed by atoms with E-state index in [2.05, 4.69) is 0 Å². The highest BCUT2D eigenvalue weighted by atomic mass is 16.5. The summed E-state index contributed by atoms with van der Waals surface area (Å²) >= 11 is 0. The lowest BCUT2D eigenvalue weighted by Gasteiger charge is -2.09. The van der Waals surface area contributed by atoms with Crippen LogP contribution in [-0.4, -0.2) is 5.97 Å². The second-order valence-electron chi connectivity index (χ2n) is 6.11. The lowest BCUT2D eigenvalue weighted by atomic mass is 10.00. The van der Waals surface area contributed by atoms with E-state index in [1.165, 1.54) is 0 Å². The third-order valence-electron chi connectivity index (χ3n) is 4.33. The molecule has 4 heteroatoms. The molecule has 1 saturated carbocycles. The van der Waals surface area contributed by atoms with Gasteiger partial charge in [-0.2, -0.15) is 0 Å². The van der Waals surface area contributed by atoms with Gasteiger partial charge in [-0.05, 0) is 43.0 Å². The molecule has 1 aromatic heterocycles. The molecule has 3 aromatic rings. The quantitative estimate of drug-likeness (QED) is 0.414. The third kappa shape index (κ3) is 2.60. The van der Waals surface area contributed by atoms with E-state index in [-0.39, 0.29) is 11.9 Å². The average Bonchev–Trinajstić information content (AvgIpc) is 3.40. The van der Waals surface area contributed by atoms with Gasteiger partial charge in [0.25, 0.3) is 0 Å². The van der Waals surface area contributed by atoms with Gasteiger partial charge in [-0.25, -0.2) is 4.79 Å². The van der Waals surface area contributed by atoms with Gasteiger partial charge < -0.3 is 9.15 Å². The monoisotopic (exact) mass is 320 g/mol. The molecule has 0 radical (unpaired) electrons. The molecule has 1 fully saturated rings. The Morgan fingerprint density at radius 2 is 1.88 bits per heavy atom. The van der Waals surface area contributed by atoms with E-state index in [4.69, 9.17) is 9.15 Å². The van der Waals surface area contributed by atoms with Gasteiger partial charge in [0.05, 0.1) is 11.5 Å². The van der Waals surface area contributed by atoms with Gasteiger partial charge in [0.1, 0.15) is 11.3 Å². The fraction of sp³-hybridized carbons (Fsp3) is 0.200. The largest absolute Gasteiger partial charge is 0.426 e. The minimum atomic E-state index is -0.392. The topological polar surface area (TPSA) is 56.5 Å². The summed E-state index contributed by atoms with van der Waals surface area (Å²) in [6, 6.07) is 14.6. The Morgan fingerprint density at radius 1 is 1.12 bits per heavy atom. The molecule has 24 heavy (non-hydrogen) atoms. The van der Waals surface area contributed by atoms with Crippen molar-refractivity contribution in [1.29, 1.82) is 0 Å². The van der Waals surface area contributed by atoms with Gasteiger partial charge in [0.15, 0.2) is 0 Å². The molecule has 0 atom stereocenters. The molecule has 1 heterocycles. The van der Waals surface area contributed by atoms with Crippen molar-refractivity contribution < 1.29 is 13.9 Å². The molecular formula is C20H16O4. The maximum absolute atomic E-state index is 12.4. The summed E-state index contributed by atoms with van der Waals surface area (Å²) in [6.45, 7) is 1.90. The van der Waals surface area contributed by atoms with Gasteiger partial charge in [-0.3, -0.25) is 4.79 Å². The van der Waals surface area contributed by atoms with Gasteiger partial charge in [0.2, 0.25) is 0 Å². The van der Waals surface area contributed by atoms with Crippen molar-refractivity contribution in [1.82, 2.24) is 0 Å². The van der Waals surface area contributed by atoms with Crippen LogP contribution in [0.1, 0.15) is 18.4 Å². The summed E-state index contributed by atoms with van der Waals surface area (Å²) in [4.78, 5) is 24.2. The van der Waals surface area contributed by atoms with E-state index in [1.807, 2.05) is 43.3 Å². The van der Waals surface area contributed by atoms with Crippen LogP contribution in [-0.2, 0) is 4.79 Å². The summed E-state index contributed by atoms with van der Waals surface area (Å²) in [5, 5.41) is 0.833. The smallest absolute Gasteiger partial charge is 0.344 e. The predicted octanol–water partition coefficient (Wildman–Crippen LogP) is 4.08. The Hall–Kier alpha value is -2.88. The molecular weight excluding hydrogens is 304 g/mol. The molecule has 4 nitrogen and oxygen atoms in total. The van der Waals surface area contributed by atoms with Crippen LogP contribution in [0.5, 0.6) is 5.75 Å². The zero-order chi connectivity index (χ0) is 16.7. The number of hydrogen-bond acceptors (Lipinski definition) is 4. The molecule has 0 amide bonds. The van der Waals surface area contributed by atoms with Gasteiger partial charge in [-0.1, -0.05) is 30.3 Å². The van der Waals surface area contributed by atoms with Crippen LogP contribution in [0, 0.1) is 12.8 Å². The minimum Gasteiger partial charge on any atom is -0.426 e. The van der Waals surface area contributed by atoms with E-state index in [9.17, 15) is 9.59 Å². The Morgan fingerprint density at radius 3 is 2.58 bits per heavy atom. The summed E-state index contributed by atoms with van der Waals surface area (Å²) in [6.07, 6.45) is 1.78. The van der Waals surface area contributed by atoms with Crippen LogP contribution >= 0.6 is 0 Å². The van der Waals surface area contributed by atoms with Crippen LogP contribution in [0.25, 0.3) is 22.1 Å². The fourth-order valence-corrected chi connectivity index (χ4v) is 2.86. The lowest BCUT2D eigenvalue weighted by Crippen LogP contribution is -2.10. The minimum absolute atomic E-state index is 0.0231. The van der Waals surface area contributed by atoms with E-state index in [0.29, 0.717) is 16.9 Å². The van der Waals surface area contributed by atoms with E-state index >= 15 is 0 Å². The Balaban J connectivity index is 1.79. The number of aryl methyl sites for hydroxylation is 1. The van der Waals surface area contributed by atoms with Crippen molar-refractivity contribution in [2.45, 2.75) is 19.8 Å². The third-order valence-corrected chi connectivity index (χ3v) is 4.33. The molecule has 2 aromatic carbocycles.